The zero-order chi connectivity index (χ0) is 68.0. The molecule has 9 rings (SSSR count). The predicted molar refractivity (Wildman–Crippen MR) is 348 cm³/mol. The molecule has 1 aliphatic rings. The van der Waals surface area contributed by atoms with Gasteiger partial charge >= 0.3 is 18.5 Å². The third kappa shape index (κ3) is 21.1. The molecule has 8 nitrogen and oxygen atoms in total. The van der Waals surface area contributed by atoms with Crippen LogP contribution < -0.4 is 0 Å². The third-order valence-electron chi connectivity index (χ3n) is 17.5. The maximum Gasteiger partial charge on any atom is 0.431 e. The maximum absolute atomic E-state index is 12.1. The number of alkyl halides is 9. The normalized spacial score (nSPS) is 12.5. The Balaban J connectivity index is 0.000000344. The van der Waals surface area contributed by atoms with E-state index in [4.69, 9.17) is 0 Å². The maximum atomic E-state index is 12.1. The van der Waals surface area contributed by atoms with Crippen LogP contribution in [-0.4, -0.2) is 36.5 Å². The topological polar surface area (TPSA) is 39.4 Å². The van der Waals surface area contributed by atoms with Gasteiger partial charge in [-0.25, -0.2) is 0 Å². The van der Waals surface area contributed by atoms with Crippen LogP contribution in [0.15, 0.2) is 79.0 Å². The highest BCUT2D eigenvalue weighted by molar-refractivity contribution is 5.35. The van der Waals surface area contributed by atoms with Gasteiger partial charge in [-0.15, -0.1) is 0 Å². The zero-order valence-electron chi connectivity index (χ0n) is 58.2. The molecule has 0 spiro atoms. The van der Waals surface area contributed by atoms with E-state index in [1.807, 2.05) is 0 Å². The summed E-state index contributed by atoms with van der Waals surface area (Å²) in [5.74, 6) is 3.38. The van der Waals surface area contributed by atoms with Gasteiger partial charge in [0.05, 0.1) is 0 Å². The average molecular weight is 1240 g/mol. The molecular formula is C71H107F9N8. The van der Waals surface area contributed by atoms with Gasteiger partial charge in [0.1, 0.15) is 17.1 Å². The molecule has 0 amide bonds. The van der Waals surface area contributed by atoms with Crippen LogP contribution in [-0.2, 0) is 74.9 Å². The molecule has 494 valence electrons. The molecule has 8 aromatic rings. The Labute approximate surface area is 522 Å². The lowest BCUT2D eigenvalue weighted by Gasteiger charge is -2.12. The summed E-state index contributed by atoms with van der Waals surface area (Å²) in [6.45, 7) is 41.1. The average Bonchev–Trinajstić information content (AvgIpc) is 3.57. The Morgan fingerprint density at radius 2 is 0.659 bits per heavy atom. The highest BCUT2D eigenvalue weighted by atomic mass is 19.4. The van der Waals surface area contributed by atoms with Gasteiger partial charge in [-0.2, -0.15) is 39.5 Å². The molecule has 0 saturated heterocycles. The molecule has 0 bridgehead atoms. The molecule has 0 unspecified atom stereocenters. The Bertz CT molecular complexity index is 3230. The van der Waals surface area contributed by atoms with E-state index >= 15 is 0 Å². The largest absolute Gasteiger partial charge is 0.431 e. The molecule has 88 heavy (non-hydrogen) atoms. The molecule has 8 aromatic heterocycles. The van der Waals surface area contributed by atoms with Crippen LogP contribution in [0.1, 0.15) is 218 Å². The van der Waals surface area contributed by atoms with Gasteiger partial charge in [0.25, 0.3) is 0 Å². The van der Waals surface area contributed by atoms with Crippen LogP contribution in [0, 0.1) is 76.2 Å². The monoisotopic (exact) mass is 1240 g/mol. The number of aryl methyl sites for hydroxylation is 7. The molecule has 17 heteroatoms. The minimum atomic E-state index is -4.77. The van der Waals surface area contributed by atoms with Crippen LogP contribution in [0.4, 0.5) is 39.5 Å². The summed E-state index contributed by atoms with van der Waals surface area (Å²) in [7, 11) is 14.9. The molecular weight excluding hydrogens is 1140 g/mol. The Morgan fingerprint density at radius 1 is 0.341 bits per heavy atom. The minimum absolute atomic E-state index is 0.0833. The summed E-state index contributed by atoms with van der Waals surface area (Å²) in [6.07, 6.45) is -5.91. The van der Waals surface area contributed by atoms with Crippen LogP contribution in [0.25, 0.3) is 0 Å². The summed E-state index contributed by atoms with van der Waals surface area (Å²) >= 11 is 0. The standard InChI is InChI=1S/C11H17N.C11H19N.C10H17N.2C9H15N.C7H5F6N.C7H8F3N.C7H11N/c1-9-7-8-11(12(9)2)10-5-3-4-6-10;1-8(2)10-6-7-11(9(3)4)12(10)5;1-7(2)10-9(4)8(3)6-11(10)5;1-7(2)9-6-5-8(3)10(9)4;1-6-7(2)9(4)10(5)8(6)3;1-14-4(6(8,9)10)2-3-5(14)7(11,12)13;1-5-3-4-6(11(5)2)7(8,9)10;1-6-4-5-7(2)8(6)3/h7-8,10H,3-6H2,1-2H3;6-9H,1-5H3;6-7H,1-5H3;5-7H,1-4H3;1-5H3;2-3H,1H3;3-4H,1-2H3;4-5H,1-3H3. The van der Waals surface area contributed by atoms with E-state index in [-0.39, 0.29) is 4.57 Å². The fourth-order valence-corrected chi connectivity index (χ4v) is 11.0. The smallest absolute Gasteiger partial charge is 0.354 e. The number of rotatable bonds is 5. The molecule has 0 aromatic carbocycles. The van der Waals surface area contributed by atoms with Crippen LogP contribution in [0.5, 0.6) is 0 Å². The van der Waals surface area contributed by atoms with E-state index in [9.17, 15) is 39.5 Å². The fourth-order valence-electron chi connectivity index (χ4n) is 11.0. The number of hydrogen-bond donors (Lipinski definition) is 0. The SMILES string of the molecule is CC(C)c1ccc(C(C)C)n1C.Cc1c(C)c(C)n(C)c1C.Cc1ccc(C(C)C)n1C.Cc1ccc(C(F)(F)F)n1C.Cc1ccc(C)n1C.Cc1ccc(C2CCCC2)n1C.Cc1cn(C)c(C(C)C)c1C.Cn1c(C(F)(F)F)ccc1C(F)(F)F. The first-order chi connectivity index (χ1) is 40.3. The van der Waals surface area contributed by atoms with Gasteiger partial charge in [-0.05, 0) is 214 Å². The molecule has 0 atom stereocenters. The molecule has 1 saturated carbocycles. The number of nitrogens with zero attached hydrogens (tertiary/aromatic N) is 8. The number of hydrogen-bond acceptors (Lipinski definition) is 0. The first kappa shape index (κ1) is 77.7. The van der Waals surface area contributed by atoms with E-state index in [0.29, 0.717) is 41.5 Å². The Hall–Kier alpha value is -6.39. The van der Waals surface area contributed by atoms with E-state index in [1.165, 1.54) is 118 Å². The van der Waals surface area contributed by atoms with E-state index in [2.05, 4.69) is 249 Å². The highest BCUT2D eigenvalue weighted by Gasteiger charge is 2.40. The lowest BCUT2D eigenvalue weighted by molar-refractivity contribution is -0.152. The summed E-state index contributed by atoms with van der Waals surface area (Å²) in [6, 6.07) is 20.9. The van der Waals surface area contributed by atoms with Gasteiger partial charge in [0.2, 0.25) is 0 Å². The van der Waals surface area contributed by atoms with Gasteiger partial charge in [-0.3, -0.25) is 0 Å². The third-order valence-corrected chi connectivity index (χ3v) is 17.5. The summed E-state index contributed by atoms with van der Waals surface area (Å²) < 4.78 is 123. The van der Waals surface area contributed by atoms with Crippen molar-refractivity contribution in [1.82, 2.24) is 36.5 Å². The van der Waals surface area contributed by atoms with Crippen molar-refractivity contribution in [2.24, 2.45) is 56.4 Å². The minimum Gasteiger partial charge on any atom is -0.354 e. The zero-order valence-corrected chi connectivity index (χ0v) is 58.2. The Morgan fingerprint density at radius 3 is 0.864 bits per heavy atom. The molecule has 1 aliphatic carbocycles. The van der Waals surface area contributed by atoms with Crippen molar-refractivity contribution in [3.8, 4) is 0 Å². The second-order valence-electron chi connectivity index (χ2n) is 24.9. The predicted octanol–water partition coefficient (Wildman–Crippen LogP) is 20.8. The highest BCUT2D eigenvalue weighted by Crippen LogP contribution is 2.37. The number of aromatic nitrogens is 8. The molecule has 1 fully saturated rings. The van der Waals surface area contributed by atoms with Crippen molar-refractivity contribution in [2.75, 3.05) is 0 Å². The second kappa shape index (κ2) is 32.9. The second-order valence-corrected chi connectivity index (χ2v) is 24.9. The van der Waals surface area contributed by atoms with Crippen molar-refractivity contribution in [3.63, 3.8) is 0 Å². The molecule has 0 radical (unpaired) electrons. The van der Waals surface area contributed by atoms with E-state index in [1.54, 1.807) is 12.6 Å². The first-order valence-electron chi connectivity index (χ1n) is 30.5. The fraction of sp³-hybridized carbons (Fsp3) is 0.549. The van der Waals surface area contributed by atoms with Crippen molar-refractivity contribution in [1.29, 1.82) is 0 Å². The van der Waals surface area contributed by atoms with Gasteiger partial charge in [0.15, 0.2) is 0 Å². The molecule has 0 aliphatic heterocycles. The van der Waals surface area contributed by atoms with Crippen molar-refractivity contribution >= 4 is 0 Å². The van der Waals surface area contributed by atoms with Crippen LogP contribution in [0.2, 0.25) is 0 Å². The lowest BCUT2D eigenvalue weighted by Crippen LogP contribution is -2.16. The van der Waals surface area contributed by atoms with Gasteiger partial charge < -0.3 is 36.5 Å². The molecule has 8 heterocycles. The van der Waals surface area contributed by atoms with Gasteiger partial charge in [0, 0.05) is 131 Å². The number of halogens is 9. The first-order valence-corrected chi connectivity index (χ1v) is 30.5. The van der Waals surface area contributed by atoms with Crippen molar-refractivity contribution in [3.05, 3.63) is 187 Å². The molecule has 0 N–H and O–H groups in total. The Kier molecular flexibility index (Phi) is 29.1. The summed E-state index contributed by atoms with van der Waals surface area (Å²) in [4.78, 5) is 0. The van der Waals surface area contributed by atoms with Crippen LogP contribution in [0.3, 0.4) is 0 Å². The van der Waals surface area contributed by atoms with Crippen molar-refractivity contribution in [2.45, 2.75) is 205 Å². The van der Waals surface area contributed by atoms with Crippen LogP contribution >= 0.6 is 0 Å². The van der Waals surface area contributed by atoms with E-state index < -0.39 is 35.6 Å². The lowest BCUT2D eigenvalue weighted by atomic mass is 10.0. The van der Waals surface area contributed by atoms with Crippen molar-refractivity contribution < 1.29 is 39.5 Å². The van der Waals surface area contributed by atoms with Gasteiger partial charge in [-0.1, -0.05) is 68.2 Å². The van der Waals surface area contributed by atoms with E-state index in [0.717, 1.165) is 23.6 Å². The summed E-state index contributed by atoms with van der Waals surface area (Å²) in [5.41, 5.74) is 18.5. The quantitative estimate of drug-likeness (QED) is 0.154. The summed E-state index contributed by atoms with van der Waals surface area (Å²) in [5, 5.41) is 0.